The van der Waals surface area contributed by atoms with Gasteiger partial charge in [0.25, 0.3) is 0 Å². The van der Waals surface area contributed by atoms with Gasteiger partial charge in [0.1, 0.15) is 11.3 Å². The summed E-state index contributed by atoms with van der Waals surface area (Å²) >= 11 is 0. The molecule has 1 rings (SSSR count). The molecule has 0 fully saturated rings. The van der Waals surface area contributed by atoms with Crippen LogP contribution in [0.25, 0.3) is 0 Å². The Hall–Kier alpha value is -1.26. The van der Waals surface area contributed by atoms with Crippen LogP contribution in [0.4, 0.5) is 0 Å². The van der Waals surface area contributed by atoms with Crippen molar-refractivity contribution in [3.8, 4) is 5.75 Å². The predicted octanol–water partition coefficient (Wildman–Crippen LogP) is 2.63. The summed E-state index contributed by atoms with van der Waals surface area (Å²) in [4.78, 5) is 11.3. The first-order valence-corrected chi connectivity index (χ1v) is 6.17. The molecular weight excluding hydrogens is 266 g/mol. The number of hydrogen-bond acceptors (Lipinski definition) is 3. The van der Waals surface area contributed by atoms with Crippen LogP contribution in [0.1, 0.15) is 31.7 Å². The van der Waals surface area contributed by atoms with Crippen molar-refractivity contribution in [2.45, 2.75) is 38.1 Å². The van der Waals surface area contributed by atoms with Gasteiger partial charge in [-0.1, -0.05) is 31.9 Å². The van der Waals surface area contributed by atoms with Gasteiger partial charge in [-0.05, 0) is 24.1 Å². The lowest BCUT2D eigenvalue weighted by Gasteiger charge is -2.24. The van der Waals surface area contributed by atoms with Gasteiger partial charge in [0.15, 0.2) is 0 Å². The molecule has 0 saturated heterocycles. The van der Waals surface area contributed by atoms with Crippen molar-refractivity contribution in [2.75, 3.05) is 7.11 Å². The Morgan fingerprint density at radius 2 is 2.16 bits per heavy atom. The third-order valence-corrected chi connectivity index (χ3v) is 3.06. The number of aliphatic carboxylic acids is 1. The van der Waals surface area contributed by atoms with Gasteiger partial charge in [-0.25, -0.2) is 0 Å². The molecule has 0 spiro atoms. The van der Waals surface area contributed by atoms with Gasteiger partial charge >= 0.3 is 5.97 Å². The number of carbonyl (C=O) groups is 1. The quantitative estimate of drug-likeness (QED) is 0.808. The van der Waals surface area contributed by atoms with E-state index in [0.29, 0.717) is 12.8 Å². The molecule has 0 aliphatic heterocycles. The van der Waals surface area contributed by atoms with E-state index in [4.69, 9.17) is 10.5 Å². The molecule has 1 aromatic carbocycles. The zero-order valence-electron chi connectivity index (χ0n) is 11.4. The second kappa shape index (κ2) is 8.02. The molecule has 0 saturated carbocycles. The fraction of sp³-hybridized carbons (Fsp3) is 0.500. The second-order valence-electron chi connectivity index (χ2n) is 4.59. The average molecular weight is 288 g/mol. The maximum atomic E-state index is 11.3. The van der Waals surface area contributed by atoms with Crippen molar-refractivity contribution in [2.24, 2.45) is 5.73 Å². The summed E-state index contributed by atoms with van der Waals surface area (Å²) in [7, 11) is 1.59. The fourth-order valence-corrected chi connectivity index (χ4v) is 1.91. The molecule has 0 aliphatic rings. The molecule has 0 heterocycles. The summed E-state index contributed by atoms with van der Waals surface area (Å²) in [5.41, 5.74) is 5.70. The highest BCUT2D eigenvalue weighted by molar-refractivity contribution is 5.85. The standard InChI is InChI=1S/C14H21NO3.ClH/c1-3-4-8-14(15,13(16)17)10-11-6-5-7-12(9-11)18-2;/h5-7,9H,3-4,8,10,15H2,1-2H3,(H,16,17);1H/t14-;/m1./s1. The van der Waals surface area contributed by atoms with Gasteiger partial charge in [0.05, 0.1) is 7.11 Å². The van der Waals surface area contributed by atoms with Crippen molar-refractivity contribution in [1.82, 2.24) is 0 Å². The first-order valence-electron chi connectivity index (χ1n) is 6.17. The first-order chi connectivity index (χ1) is 8.51. The normalized spacial score (nSPS) is 13.2. The van der Waals surface area contributed by atoms with Crippen LogP contribution in [0.15, 0.2) is 24.3 Å². The number of methoxy groups -OCH3 is 1. The number of halogens is 1. The number of rotatable bonds is 7. The third-order valence-electron chi connectivity index (χ3n) is 3.06. The zero-order valence-corrected chi connectivity index (χ0v) is 12.2. The molecule has 19 heavy (non-hydrogen) atoms. The third kappa shape index (κ3) is 5.09. The molecule has 0 radical (unpaired) electrons. The van der Waals surface area contributed by atoms with Gasteiger partial charge < -0.3 is 15.6 Å². The van der Waals surface area contributed by atoms with E-state index in [1.165, 1.54) is 0 Å². The van der Waals surface area contributed by atoms with Crippen molar-refractivity contribution >= 4 is 18.4 Å². The molecule has 0 aliphatic carbocycles. The van der Waals surface area contributed by atoms with E-state index >= 15 is 0 Å². The molecule has 0 unspecified atom stereocenters. The fourth-order valence-electron chi connectivity index (χ4n) is 1.91. The first kappa shape index (κ1) is 17.7. The van der Waals surface area contributed by atoms with Gasteiger partial charge in [-0.3, -0.25) is 4.79 Å². The van der Waals surface area contributed by atoms with Crippen molar-refractivity contribution in [1.29, 1.82) is 0 Å². The monoisotopic (exact) mass is 287 g/mol. The SMILES string of the molecule is CCCC[C@@](N)(Cc1cccc(OC)c1)C(=O)O.Cl. The van der Waals surface area contributed by atoms with Crippen LogP contribution in [0.5, 0.6) is 5.75 Å². The van der Waals surface area contributed by atoms with E-state index in [1.54, 1.807) is 7.11 Å². The highest BCUT2D eigenvalue weighted by Gasteiger charge is 2.33. The maximum Gasteiger partial charge on any atom is 0.324 e. The van der Waals surface area contributed by atoms with Crippen LogP contribution in [-0.2, 0) is 11.2 Å². The molecule has 0 bridgehead atoms. The molecule has 3 N–H and O–H groups in total. The lowest BCUT2D eigenvalue weighted by Crippen LogP contribution is -2.49. The maximum absolute atomic E-state index is 11.3. The highest BCUT2D eigenvalue weighted by Crippen LogP contribution is 2.21. The predicted molar refractivity (Wildman–Crippen MR) is 78.0 cm³/mol. The van der Waals surface area contributed by atoms with Crippen molar-refractivity contribution in [3.63, 3.8) is 0 Å². The van der Waals surface area contributed by atoms with Crippen LogP contribution in [0, 0.1) is 0 Å². The molecule has 1 aromatic rings. The Labute approximate surface area is 120 Å². The van der Waals surface area contributed by atoms with E-state index in [1.807, 2.05) is 31.2 Å². The summed E-state index contributed by atoms with van der Waals surface area (Å²) in [6.07, 6.45) is 2.55. The Kier molecular flexibility index (Phi) is 7.49. The lowest BCUT2D eigenvalue weighted by molar-refractivity contribution is -0.143. The van der Waals surface area contributed by atoms with E-state index in [9.17, 15) is 9.90 Å². The van der Waals surface area contributed by atoms with Gasteiger partial charge in [-0.2, -0.15) is 0 Å². The molecule has 0 amide bonds. The summed E-state index contributed by atoms with van der Waals surface area (Å²) in [6, 6.07) is 7.38. The molecule has 4 nitrogen and oxygen atoms in total. The minimum absolute atomic E-state index is 0. The molecule has 108 valence electrons. The van der Waals surface area contributed by atoms with Crippen molar-refractivity contribution in [3.05, 3.63) is 29.8 Å². The highest BCUT2D eigenvalue weighted by atomic mass is 35.5. The molecular formula is C14H22ClNO3. The zero-order chi connectivity index (χ0) is 13.6. The number of benzene rings is 1. The summed E-state index contributed by atoms with van der Waals surface area (Å²) < 4.78 is 5.12. The van der Waals surface area contributed by atoms with Crippen LogP contribution in [0.2, 0.25) is 0 Å². The number of nitrogens with two attached hydrogens (primary N) is 1. The van der Waals surface area contributed by atoms with Crippen LogP contribution in [0.3, 0.4) is 0 Å². The van der Waals surface area contributed by atoms with E-state index < -0.39 is 11.5 Å². The summed E-state index contributed by atoms with van der Waals surface area (Å²) in [6.45, 7) is 2.02. The number of unbranched alkanes of at least 4 members (excludes halogenated alkanes) is 1. The average Bonchev–Trinajstić information content (AvgIpc) is 2.36. The van der Waals surface area contributed by atoms with E-state index in [-0.39, 0.29) is 12.4 Å². The smallest absolute Gasteiger partial charge is 0.324 e. The van der Waals surface area contributed by atoms with Gasteiger partial charge in [0, 0.05) is 6.42 Å². The minimum Gasteiger partial charge on any atom is -0.497 e. The number of ether oxygens (including phenoxy) is 1. The Morgan fingerprint density at radius 1 is 1.47 bits per heavy atom. The van der Waals surface area contributed by atoms with Crippen LogP contribution in [-0.4, -0.2) is 23.7 Å². The van der Waals surface area contributed by atoms with Gasteiger partial charge in [0.2, 0.25) is 0 Å². The molecule has 5 heteroatoms. The Bertz CT molecular complexity index is 411. The lowest BCUT2D eigenvalue weighted by atomic mass is 9.87. The minimum atomic E-state index is -1.19. The largest absolute Gasteiger partial charge is 0.497 e. The Balaban J connectivity index is 0.00000324. The summed E-state index contributed by atoms with van der Waals surface area (Å²) in [5.74, 6) is -0.227. The summed E-state index contributed by atoms with van der Waals surface area (Å²) in [5, 5.41) is 9.29. The number of carboxylic acid groups (broad SMARTS) is 1. The number of carboxylic acids is 1. The molecule has 1 atom stereocenters. The molecule has 0 aromatic heterocycles. The van der Waals surface area contributed by atoms with E-state index in [2.05, 4.69) is 0 Å². The number of hydrogen-bond donors (Lipinski definition) is 2. The van der Waals surface area contributed by atoms with Gasteiger partial charge in [-0.15, -0.1) is 12.4 Å². The second-order valence-corrected chi connectivity index (χ2v) is 4.59. The van der Waals surface area contributed by atoms with Crippen molar-refractivity contribution < 1.29 is 14.6 Å². The van der Waals surface area contributed by atoms with E-state index in [0.717, 1.165) is 24.2 Å². The topological polar surface area (TPSA) is 72.5 Å². The van der Waals surface area contributed by atoms with Crippen LogP contribution >= 0.6 is 12.4 Å². The van der Waals surface area contributed by atoms with Crippen LogP contribution < -0.4 is 10.5 Å². The Morgan fingerprint density at radius 3 is 2.68 bits per heavy atom.